The summed E-state index contributed by atoms with van der Waals surface area (Å²) in [5.74, 6) is 0.304. The normalized spacial score (nSPS) is 22.9. The van der Waals surface area contributed by atoms with Gasteiger partial charge in [-0.1, -0.05) is 0 Å². The Labute approximate surface area is 108 Å². The maximum Gasteiger partial charge on any atom is 0.251 e. The maximum absolute atomic E-state index is 11.8. The van der Waals surface area contributed by atoms with E-state index in [-0.39, 0.29) is 12.0 Å². The molecule has 1 aromatic carbocycles. The number of amides is 1. The molecular weight excluding hydrogens is 284 g/mol. The molecule has 0 bridgehead atoms. The van der Waals surface area contributed by atoms with E-state index in [2.05, 4.69) is 21.2 Å². The van der Waals surface area contributed by atoms with E-state index in [1.165, 1.54) is 0 Å². The molecule has 1 fully saturated rings. The molecule has 0 radical (unpaired) electrons. The van der Waals surface area contributed by atoms with Gasteiger partial charge in [0.15, 0.2) is 0 Å². The Kier molecular flexibility index (Phi) is 3.69. The van der Waals surface area contributed by atoms with Crippen molar-refractivity contribution >= 4 is 27.5 Å². The van der Waals surface area contributed by atoms with E-state index >= 15 is 0 Å². The number of carbonyl (C=O) groups excluding carboxylic acids is 1. The number of aliphatic hydroxyl groups is 1. The third kappa shape index (κ3) is 2.98. The number of carbonyl (C=O) groups is 1. The molecule has 17 heavy (non-hydrogen) atoms. The lowest BCUT2D eigenvalue weighted by Crippen LogP contribution is -2.38. The van der Waals surface area contributed by atoms with Crippen LogP contribution in [-0.4, -0.2) is 23.7 Å². The van der Waals surface area contributed by atoms with Gasteiger partial charge in [0.1, 0.15) is 0 Å². The van der Waals surface area contributed by atoms with Gasteiger partial charge in [0, 0.05) is 22.3 Å². The fourth-order valence-corrected chi connectivity index (χ4v) is 2.25. The maximum atomic E-state index is 11.8. The molecule has 0 saturated heterocycles. The third-order valence-electron chi connectivity index (χ3n) is 3.02. The number of benzene rings is 1. The number of anilines is 1. The molecule has 1 aliphatic carbocycles. The van der Waals surface area contributed by atoms with Crippen molar-refractivity contribution in [3.05, 3.63) is 28.2 Å². The molecule has 0 heterocycles. The first-order valence-corrected chi connectivity index (χ1v) is 6.37. The zero-order chi connectivity index (χ0) is 12.4. The van der Waals surface area contributed by atoms with Crippen LogP contribution in [-0.2, 0) is 0 Å². The lowest BCUT2D eigenvalue weighted by molar-refractivity contribution is 0.0420. The molecule has 1 amide bonds. The molecule has 2 rings (SSSR count). The van der Waals surface area contributed by atoms with Crippen LogP contribution in [0, 0.1) is 5.92 Å². The Hall–Kier alpha value is -1.07. The van der Waals surface area contributed by atoms with Crippen LogP contribution >= 0.6 is 15.9 Å². The van der Waals surface area contributed by atoms with Crippen LogP contribution in [0.25, 0.3) is 0 Å². The van der Waals surface area contributed by atoms with Gasteiger partial charge in [-0.05, 0) is 52.9 Å². The quantitative estimate of drug-likeness (QED) is 0.741. The minimum Gasteiger partial charge on any atom is -0.398 e. The number of nitrogens with one attached hydrogen (secondary N) is 1. The van der Waals surface area contributed by atoms with Crippen molar-refractivity contribution in [2.75, 3.05) is 12.3 Å². The molecule has 92 valence electrons. The summed E-state index contributed by atoms with van der Waals surface area (Å²) in [5.41, 5.74) is 6.85. The number of halogens is 1. The lowest BCUT2D eigenvalue weighted by Gasteiger charge is -2.31. The minimum atomic E-state index is -0.178. The second-order valence-corrected chi connectivity index (χ2v) is 5.29. The van der Waals surface area contributed by atoms with Crippen LogP contribution in [0.4, 0.5) is 5.69 Å². The van der Waals surface area contributed by atoms with Gasteiger partial charge in [0.25, 0.3) is 5.91 Å². The van der Waals surface area contributed by atoms with Crippen molar-refractivity contribution in [1.29, 1.82) is 0 Å². The van der Waals surface area contributed by atoms with Gasteiger partial charge >= 0.3 is 0 Å². The van der Waals surface area contributed by atoms with Crippen molar-refractivity contribution in [3.8, 4) is 0 Å². The number of rotatable bonds is 3. The Bertz CT molecular complexity index is 431. The first-order chi connectivity index (χ1) is 8.06. The summed E-state index contributed by atoms with van der Waals surface area (Å²) in [6.45, 7) is 0.623. The van der Waals surface area contributed by atoms with E-state index in [0.29, 0.717) is 23.7 Å². The van der Waals surface area contributed by atoms with E-state index in [1.54, 1.807) is 18.2 Å². The molecule has 0 atom stereocenters. The first-order valence-electron chi connectivity index (χ1n) is 5.57. The summed E-state index contributed by atoms with van der Waals surface area (Å²) in [6, 6.07) is 5.11. The summed E-state index contributed by atoms with van der Waals surface area (Å²) in [7, 11) is 0. The zero-order valence-electron chi connectivity index (χ0n) is 9.32. The summed E-state index contributed by atoms with van der Waals surface area (Å²) in [5, 5.41) is 12.0. The molecule has 0 aliphatic heterocycles. The van der Waals surface area contributed by atoms with E-state index in [4.69, 9.17) is 10.8 Å². The van der Waals surface area contributed by atoms with Gasteiger partial charge in [0.2, 0.25) is 0 Å². The smallest absolute Gasteiger partial charge is 0.251 e. The summed E-state index contributed by atoms with van der Waals surface area (Å²) in [4.78, 5) is 11.8. The Morgan fingerprint density at radius 2 is 2.24 bits per heavy atom. The number of nitrogens with two attached hydrogens (primary N) is 1. The van der Waals surface area contributed by atoms with E-state index in [1.807, 2.05) is 0 Å². The fraction of sp³-hybridized carbons (Fsp3) is 0.417. The molecule has 4 N–H and O–H groups in total. The SMILES string of the molecule is Nc1ccc(C(=O)NCC2CC(O)C2)cc1Br. The molecule has 1 aromatic rings. The largest absolute Gasteiger partial charge is 0.398 e. The second-order valence-electron chi connectivity index (χ2n) is 4.44. The molecule has 1 saturated carbocycles. The van der Waals surface area contributed by atoms with Gasteiger partial charge in [-0.25, -0.2) is 0 Å². The van der Waals surface area contributed by atoms with Gasteiger partial charge in [-0.15, -0.1) is 0 Å². The zero-order valence-corrected chi connectivity index (χ0v) is 10.9. The van der Waals surface area contributed by atoms with Gasteiger partial charge in [0.05, 0.1) is 6.10 Å². The molecule has 5 heteroatoms. The van der Waals surface area contributed by atoms with E-state index in [0.717, 1.165) is 17.3 Å². The van der Waals surface area contributed by atoms with Crippen molar-refractivity contribution in [1.82, 2.24) is 5.32 Å². The molecule has 4 nitrogen and oxygen atoms in total. The van der Waals surface area contributed by atoms with Crippen LogP contribution in [0.3, 0.4) is 0 Å². The van der Waals surface area contributed by atoms with Crippen LogP contribution in [0.1, 0.15) is 23.2 Å². The summed E-state index contributed by atoms with van der Waals surface area (Å²) >= 11 is 3.29. The van der Waals surface area contributed by atoms with Crippen LogP contribution in [0.5, 0.6) is 0 Å². The Morgan fingerprint density at radius 1 is 1.53 bits per heavy atom. The molecule has 0 aromatic heterocycles. The predicted molar refractivity (Wildman–Crippen MR) is 69.6 cm³/mol. The first kappa shape index (κ1) is 12.4. The standard InChI is InChI=1S/C12H15BrN2O2/c13-10-5-8(1-2-11(10)14)12(17)15-6-7-3-9(16)4-7/h1-2,5,7,9,16H,3-4,6,14H2,(H,15,17). The van der Waals surface area contributed by atoms with Crippen molar-refractivity contribution in [3.63, 3.8) is 0 Å². The molecule has 0 spiro atoms. The second kappa shape index (κ2) is 5.06. The molecule has 1 aliphatic rings. The minimum absolute atomic E-state index is 0.105. The van der Waals surface area contributed by atoms with Crippen molar-refractivity contribution < 1.29 is 9.90 Å². The highest BCUT2D eigenvalue weighted by Crippen LogP contribution is 2.26. The average Bonchev–Trinajstić information content (AvgIpc) is 2.26. The van der Waals surface area contributed by atoms with E-state index < -0.39 is 0 Å². The monoisotopic (exact) mass is 298 g/mol. The van der Waals surface area contributed by atoms with Gasteiger partial charge in [-0.3, -0.25) is 4.79 Å². The van der Waals surface area contributed by atoms with Crippen LogP contribution in [0.15, 0.2) is 22.7 Å². The fourth-order valence-electron chi connectivity index (χ4n) is 1.87. The van der Waals surface area contributed by atoms with E-state index in [9.17, 15) is 4.79 Å². The van der Waals surface area contributed by atoms with Gasteiger partial charge < -0.3 is 16.2 Å². The van der Waals surface area contributed by atoms with Crippen LogP contribution < -0.4 is 11.1 Å². The lowest BCUT2D eigenvalue weighted by atomic mass is 9.82. The topological polar surface area (TPSA) is 75.4 Å². The summed E-state index contributed by atoms with van der Waals surface area (Å²) < 4.78 is 0.726. The number of nitrogen functional groups attached to an aromatic ring is 1. The highest BCUT2D eigenvalue weighted by molar-refractivity contribution is 9.10. The Morgan fingerprint density at radius 3 is 2.82 bits per heavy atom. The van der Waals surface area contributed by atoms with Crippen molar-refractivity contribution in [2.24, 2.45) is 5.92 Å². The summed E-state index contributed by atoms with van der Waals surface area (Å²) in [6.07, 6.45) is 1.39. The third-order valence-corrected chi connectivity index (χ3v) is 3.71. The number of hydrogen-bond donors (Lipinski definition) is 3. The highest BCUT2D eigenvalue weighted by atomic mass is 79.9. The average molecular weight is 299 g/mol. The van der Waals surface area contributed by atoms with Crippen LogP contribution in [0.2, 0.25) is 0 Å². The molecular formula is C12H15BrN2O2. The Balaban J connectivity index is 1.88. The molecule has 0 unspecified atom stereocenters. The van der Waals surface area contributed by atoms with Crippen molar-refractivity contribution in [2.45, 2.75) is 18.9 Å². The predicted octanol–water partition coefficient (Wildman–Crippen LogP) is 1.53. The van der Waals surface area contributed by atoms with Gasteiger partial charge in [-0.2, -0.15) is 0 Å². The number of hydrogen-bond acceptors (Lipinski definition) is 3. The highest BCUT2D eigenvalue weighted by Gasteiger charge is 2.27. The number of aliphatic hydroxyl groups excluding tert-OH is 1.